The Kier molecular flexibility index (Phi) is 2.66. The summed E-state index contributed by atoms with van der Waals surface area (Å²) < 4.78 is 0. The lowest BCUT2D eigenvalue weighted by atomic mass is 10.0. The van der Waals surface area contributed by atoms with Crippen molar-refractivity contribution in [1.82, 2.24) is 4.90 Å². The maximum Gasteiger partial charge on any atom is 0.226 e. The first-order chi connectivity index (χ1) is 9.16. The fourth-order valence-electron chi connectivity index (χ4n) is 4.94. The average molecular weight is 278 g/mol. The monoisotopic (exact) mass is 278 g/mol. The quantitative estimate of drug-likeness (QED) is 0.782. The van der Waals surface area contributed by atoms with Gasteiger partial charge in [-0.25, -0.2) is 0 Å². The summed E-state index contributed by atoms with van der Waals surface area (Å²) in [4.78, 5) is 15.4. The van der Waals surface area contributed by atoms with Crippen LogP contribution in [0.25, 0.3) is 0 Å². The molecule has 4 saturated carbocycles. The van der Waals surface area contributed by atoms with E-state index in [1.165, 1.54) is 32.1 Å². The van der Waals surface area contributed by atoms with Gasteiger partial charge in [0, 0.05) is 24.9 Å². The van der Waals surface area contributed by atoms with Gasteiger partial charge >= 0.3 is 0 Å². The van der Waals surface area contributed by atoms with Crippen LogP contribution in [-0.2, 0) is 4.79 Å². The van der Waals surface area contributed by atoms with Gasteiger partial charge in [-0.3, -0.25) is 4.79 Å². The smallest absolute Gasteiger partial charge is 0.226 e. The number of amides is 1. The van der Waals surface area contributed by atoms with Crippen LogP contribution in [0.15, 0.2) is 0 Å². The second-order valence-corrected chi connectivity index (χ2v) is 7.52. The Morgan fingerprint density at radius 2 is 1.79 bits per heavy atom. The maximum atomic E-state index is 12.8. The van der Waals surface area contributed by atoms with E-state index in [1.807, 2.05) is 0 Å². The number of hydrogen-bond acceptors (Lipinski definition) is 2. The lowest BCUT2D eigenvalue weighted by Gasteiger charge is -2.23. The van der Waals surface area contributed by atoms with E-state index in [0.717, 1.165) is 30.2 Å². The summed E-state index contributed by atoms with van der Waals surface area (Å²) in [5.41, 5.74) is 5.59. The summed E-state index contributed by atoms with van der Waals surface area (Å²) >= 11 is 4.96. The van der Waals surface area contributed by atoms with E-state index in [4.69, 9.17) is 18.0 Å². The molecule has 3 nitrogen and oxygen atoms in total. The number of carbonyl (C=O) groups excluding carboxylic acids is 1. The lowest BCUT2D eigenvalue weighted by molar-refractivity contribution is -0.134. The molecule has 4 aliphatic rings. The molecule has 0 radical (unpaired) electrons. The van der Waals surface area contributed by atoms with Crippen molar-refractivity contribution in [3.63, 3.8) is 0 Å². The number of thiocarbonyl (C=S) groups is 1. The molecule has 104 valence electrons. The summed E-state index contributed by atoms with van der Waals surface area (Å²) in [6.07, 6.45) is 7.22. The molecule has 2 N–H and O–H groups in total. The van der Waals surface area contributed by atoms with E-state index in [2.05, 4.69) is 4.90 Å². The van der Waals surface area contributed by atoms with Gasteiger partial charge in [-0.05, 0) is 55.8 Å². The highest BCUT2D eigenvalue weighted by molar-refractivity contribution is 7.80. The van der Waals surface area contributed by atoms with Crippen molar-refractivity contribution in [2.75, 3.05) is 6.54 Å². The van der Waals surface area contributed by atoms with E-state index in [9.17, 15) is 4.79 Å². The zero-order valence-electron chi connectivity index (χ0n) is 11.3. The normalized spacial score (nSPS) is 42.0. The van der Waals surface area contributed by atoms with Crippen molar-refractivity contribution >= 4 is 23.1 Å². The number of fused-ring (bicyclic) bond motifs is 5. The molecule has 4 rings (SSSR count). The maximum absolute atomic E-state index is 12.8. The Balaban J connectivity index is 1.43. The molecule has 4 unspecified atom stereocenters. The van der Waals surface area contributed by atoms with Crippen LogP contribution >= 0.6 is 12.2 Å². The van der Waals surface area contributed by atoms with E-state index in [-0.39, 0.29) is 0 Å². The van der Waals surface area contributed by atoms with Crippen molar-refractivity contribution in [2.24, 2.45) is 35.3 Å². The molecule has 0 spiro atoms. The second kappa shape index (κ2) is 4.18. The van der Waals surface area contributed by atoms with Crippen molar-refractivity contribution in [3.05, 3.63) is 0 Å². The minimum absolute atomic E-state index is 0.373. The number of carbonyl (C=O) groups is 1. The third-order valence-electron chi connectivity index (χ3n) is 5.89. The molecular formula is C15H22N2OS. The Morgan fingerprint density at radius 1 is 1.16 bits per heavy atom. The predicted molar refractivity (Wildman–Crippen MR) is 77.4 cm³/mol. The van der Waals surface area contributed by atoms with Crippen molar-refractivity contribution in [1.29, 1.82) is 0 Å². The molecule has 2 bridgehead atoms. The first-order valence-electron chi connectivity index (χ1n) is 7.75. The molecular weight excluding hydrogens is 256 g/mol. The molecule has 0 aliphatic heterocycles. The van der Waals surface area contributed by atoms with Gasteiger partial charge in [0.15, 0.2) is 0 Å². The fourth-order valence-corrected chi connectivity index (χ4v) is 5.03. The summed E-state index contributed by atoms with van der Waals surface area (Å²) in [6.45, 7) is 0.754. The van der Waals surface area contributed by atoms with Gasteiger partial charge in [0.1, 0.15) is 0 Å². The van der Waals surface area contributed by atoms with Gasteiger partial charge in [0.2, 0.25) is 5.91 Å². The molecule has 4 fully saturated rings. The first-order valence-corrected chi connectivity index (χ1v) is 8.16. The predicted octanol–water partition coefficient (Wildman–Crippen LogP) is 1.95. The van der Waals surface area contributed by atoms with Gasteiger partial charge in [-0.2, -0.15) is 0 Å². The van der Waals surface area contributed by atoms with E-state index in [0.29, 0.717) is 29.3 Å². The van der Waals surface area contributed by atoms with E-state index in [1.54, 1.807) is 0 Å². The van der Waals surface area contributed by atoms with Crippen LogP contribution in [0.4, 0.5) is 0 Å². The van der Waals surface area contributed by atoms with Crippen molar-refractivity contribution in [2.45, 2.75) is 44.6 Å². The molecule has 0 aromatic rings. The Hall–Kier alpha value is -0.640. The number of nitrogens with zero attached hydrogens (tertiary/aromatic N) is 1. The van der Waals surface area contributed by atoms with Crippen LogP contribution in [0.3, 0.4) is 0 Å². The van der Waals surface area contributed by atoms with Gasteiger partial charge in [0.05, 0.1) is 4.99 Å². The average Bonchev–Trinajstić information content (AvgIpc) is 3.27. The Morgan fingerprint density at radius 3 is 2.32 bits per heavy atom. The van der Waals surface area contributed by atoms with Crippen LogP contribution in [0.1, 0.15) is 38.5 Å². The van der Waals surface area contributed by atoms with Gasteiger partial charge in [-0.1, -0.05) is 12.2 Å². The molecule has 0 aromatic carbocycles. The van der Waals surface area contributed by atoms with Crippen LogP contribution in [0.2, 0.25) is 0 Å². The SMILES string of the molecule is NC(=S)CCN(C(=O)C1C2C3CCC(C3)C12)C1CC1. The molecule has 1 amide bonds. The zero-order chi connectivity index (χ0) is 13.1. The summed E-state index contributed by atoms with van der Waals surface area (Å²) in [5, 5.41) is 0. The number of hydrogen-bond donors (Lipinski definition) is 1. The Labute approximate surface area is 119 Å². The van der Waals surface area contributed by atoms with Gasteiger partial charge < -0.3 is 10.6 Å². The van der Waals surface area contributed by atoms with Gasteiger partial charge in [0.25, 0.3) is 0 Å². The topological polar surface area (TPSA) is 46.3 Å². The fraction of sp³-hybridized carbons (Fsp3) is 0.867. The molecule has 0 heterocycles. The number of rotatable bonds is 5. The van der Waals surface area contributed by atoms with Crippen molar-refractivity contribution < 1.29 is 4.79 Å². The van der Waals surface area contributed by atoms with Crippen LogP contribution in [-0.4, -0.2) is 28.4 Å². The highest BCUT2D eigenvalue weighted by Gasteiger charge is 2.68. The third-order valence-corrected chi connectivity index (χ3v) is 6.09. The second-order valence-electron chi connectivity index (χ2n) is 6.99. The minimum atomic E-state index is 0.373. The standard InChI is InChI=1S/C15H22N2OS/c16-11(19)5-6-17(10-3-4-10)15(18)14-12-8-1-2-9(7-8)13(12)14/h8-10,12-14H,1-7H2,(H2,16,19). The highest BCUT2D eigenvalue weighted by Crippen LogP contribution is 2.69. The van der Waals surface area contributed by atoms with Crippen LogP contribution < -0.4 is 5.73 Å². The molecule has 0 aromatic heterocycles. The summed E-state index contributed by atoms with van der Waals surface area (Å²) in [7, 11) is 0. The van der Waals surface area contributed by atoms with Crippen LogP contribution in [0.5, 0.6) is 0 Å². The minimum Gasteiger partial charge on any atom is -0.393 e. The van der Waals surface area contributed by atoms with E-state index < -0.39 is 0 Å². The largest absolute Gasteiger partial charge is 0.393 e. The summed E-state index contributed by atoms with van der Waals surface area (Å²) in [6, 6.07) is 0.501. The molecule has 0 saturated heterocycles. The lowest BCUT2D eigenvalue weighted by Crippen LogP contribution is -2.37. The highest BCUT2D eigenvalue weighted by atomic mass is 32.1. The van der Waals surface area contributed by atoms with E-state index >= 15 is 0 Å². The van der Waals surface area contributed by atoms with Gasteiger partial charge in [-0.15, -0.1) is 0 Å². The third kappa shape index (κ3) is 1.91. The van der Waals surface area contributed by atoms with Crippen LogP contribution in [0, 0.1) is 29.6 Å². The molecule has 4 heteroatoms. The molecule has 4 atom stereocenters. The molecule has 19 heavy (non-hydrogen) atoms. The summed E-state index contributed by atoms with van der Waals surface area (Å²) in [5.74, 6) is 4.05. The first kappa shape index (κ1) is 12.1. The van der Waals surface area contributed by atoms with Crippen molar-refractivity contribution in [3.8, 4) is 0 Å². The Bertz CT molecular complexity index is 418. The molecule has 4 aliphatic carbocycles. The number of nitrogens with two attached hydrogens (primary N) is 1. The zero-order valence-corrected chi connectivity index (χ0v) is 12.1.